The highest BCUT2D eigenvalue weighted by molar-refractivity contribution is 5.76. The Morgan fingerprint density at radius 1 is 0.429 bits per heavy atom. The number of esters is 1. The van der Waals surface area contributed by atoms with Crippen LogP contribution in [0.2, 0.25) is 0 Å². The Labute approximate surface area is 392 Å². The number of ether oxygens (including phenoxy) is 1. The van der Waals surface area contributed by atoms with Crippen LogP contribution in [-0.4, -0.2) is 47.4 Å². The lowest BCUT2D eigenvalue weighted by Crippen LogP contribution is -2.45. The number of hydrogen-bond acceptors (Lipinski definition) is 5. The molecule has 0 fully saturated rings. The van der Waals surface area contributed by atoms with E-state index in [4.69, 9.17) is 4.74 Å². The molecule has 2 unspecified atom stereocenters. The van der Waals surface area contributed by atoms with Gasteiger partial charge in [0.25, 0.3) is 0 Å². The number of allylic oxidation sites excluding steroid dienone is 3. The maximum Gasteiger partial charge on any atom is 0.305 e. The fourth-order valence-electron chi connectivity index (χ4n) is 8.63. The van der Waals surface area contributed by atoms with Gasteiger partial charge in [-0.2, -0.15) is 0 Å². The number of amides is 1. The Balaban J connectivity index is 3.52. The molecule has 0 heterocycles. The predicted molar refractivity (Wildman–Crippen MR) is 273 cm³/mol. The summed E-state index contributed by atoms with van der Waals surface area (Å²) in [6.07, 6.45) is 63.4. The summed E-state index contributed by atoms with van der Waals surface area (Å²) in [6.45, 7) is 4.84. The number of carbonyl (C=O) groups excluding carboxylic acids is 2. The minimum atomic E-state index is -0.862. The van der Waals surface area contributed by atoms with Crippen LogP contribution in [0, 0.1) is 0 Å². The first kappa shape index (κ1) is 61.3. The SMILES string of the molecule is CCCCCCCCCCCCCCCCC/C=C/C(O)C(CO)NC(=O)CCCCCCC/C=C\CCCCOC(=O)CCCCCCCCCCCCCCCCCCCC. The van der Waals surface area contributed by atoms with Crippen molar-refractivity contribution in [2.24, 2.45) is 0 Å². The van der Waals surface area contributed by atoms with Crippen LogP contribution < -0.4 is 5.32 Å². The Morgan fingerprint density at radius 3 is 1.13 bits per heavy atom. The van der Waals surface area contributed by atoms with Crippen LogP contribution in [0.1, 0.15) is 303 Å². The molecular weight excluding hydrogens is 779 g/mol. The van der Waals surface area contributed by atoms with Crippen LogP contribution >= 0.6 is 0 Å². The molecule has 372 valence electrons. The van der Waals surface area contributed by atoms with Crippen molar-refractivity contribution in [3.8, 4) is 0 Å². The standard InChI is InChI=1S/C57H109NO5/c1-3-5-7-9-11-13-15-17-19-21-23-25-27-31-35-39-43-47-51-57(62)63-52-48-44-40-36-32-28-30-34-38-42-46-50-56(61)58-54(53-59)55(60)49-45-41-37-33-29-26-24-22-20-18-16-14-12-10-8-6-4-2/h32,36,45,49,54-55,59-60H,3-31,33-35,37-44,46-48,50-53H2,1-2H3,(H,58,61)/b36-32-,49-45+. The predicted octanol–water partition coefficient (Wildman–Crippen LogP) is 17.1. The maximum absolute atomic E-state index is 12.4. The maximum atomic E-state index is 12.4. The van der Waals surface area contributed by atoms with E-state index in [0.717, 1.165) is 83.5 Å². The van der Waals surface area contributed by atoms with Crippen LogP contribution in [0.5, 0.6) is 0 Å². The largest absolute Gasteiger partial charge is 0.466 e. The lowest BCUT2D eigenvalue weighted by Gasteiger charge is -2.20. The van der Waals surface area contributed by atoms with Crippen molar-refractivity contribution in [3.05, 3.63) is 24.3 Å². The molecule has 63 heavy (non-hydrogen) atoms. The molecular formula is C57H109NO5. The number of unbranched alkanes of at least 4 members (excludes halogenated alkanes) is 39. The van der Waals surface area contributed by atoms with Crippen molar-refractivity contribution in [1.29, 1.82) is 0 Å². The van der Waals surface area contributed by atoms with E-state index >= 15 is 0 Å². The smallest absolute Gasteiger partial charge is 0.305 e. The van der Waals surface area contributed by atoms with Gasteiger partial charge in [0, 0.05) is 12.8 Å². The van der Waals surface area contributed by atoms with Crippen LogP contribution in [0.15, 0.2) is 24.3 Å². The molecule has 0 aliphatic rings. The van der Waals surface area contributed by atoms with Gasteiger partial charge >= 0.3 is 5.97 Å². The van der Waals surface area contributed by atoms with E-state index in [9.17, 15) is 19.8 Å². The summed E-state index contributed by atoms with van der Waals surface area (Å²) >= 11 is 0. The van der Waals surface area contributed by atoms with Crippen LogP contribution in [0.4, 0.5) is 0 Å². The fourth-order valence-corrected chi connectivity index (χ4v) is 8.63. The minimum Gasteiger partial charge on any atom is -0.466 e. The Bertz CT molecular complexity index is 982. The van der Waals surface area contributed by atoms with Gasteiger partial charge in [0.15, 0.2) is 0 Å². The summed E-state index contributed by atoms with van der Waals surface area (Å²) in [5.41, 5.74) is 0. The van der Waals surface area contributed by atoms with Crippen molar-refractivity contribution in [2.75, 3.05) is 13.2 Å². The van der Waals surface area contributed by atoms with E-state index in [1.807, 2.05) is 6.08 Å². The second kappa shape index (κ2) is 53.0. The zero-order chi connectivity index (χ0) is 45.8. The monoisotopic (exact) mass is 888 g/mol. The van der Waals surface area contributed by atoms with Gasteiger partial charge in [-0.3, -0.25) is 9.59 Å². The summed E-state index contributed by atoms with van der Waals surface area (Å²) < 4.78 is 5.45. The molecule has 6 heteroatoms. The van der Waals surface area contributed by atoms with Crippen molar-refractivity contribution >= 4 is 11.9 Å². The van der Waals surface area contributed by atoms with Crippen LogP contribution in [-0.2, 0) is 14.3 Å². The van der Waals surface area contributed by atoms with Gasteiger partial charge in [-0.15, -0.1) is 0 Å². The summed E-state index contributed by atoms with van der Waals surface area (Å²) in [5, 5.41) is 23.1. The number of carbonyl (C=O) groups is 2. The minimum absolute atomic E-state index is 0.0284. The normalized spacial score (nSPS) is 12.8. The summed E-state index contributed by atoms with van der Waals surface area (Å²) in [5.74, 6) is -0.123. The molecule has 0 spiro atoms. The zero-order valence-corrected chi connectivity index (χ0v) is 42.3. The molecule has 6 nitrogen and oxygen atoms in total. The average molecular weight is 889 g/mol. The molecule has 1 amide bonds. The number of rotatable bonds is 52. The van der Waals surface area contributed by atoms with E-state index in [1.54, 1.807) is 6.08 Å². The van der Waals surface area contributed by atoms with Crippen molar-refractivity contribution in [1.82, 2.24) is 5.32 Å². The third kappa shape index (κ3) is 49.6. The first-order chi connectivity index (χ1) is 31.0. The molecule has 0 aromatic carbocycles. The van der Waals surface area contributed by atoms with Crippen LogP contribution in [0.25, 0.3) is 0 Å². The Morgan fingerprint density at radius 2 is 0.746 bits per heavy atom. The number of hydrogen-bond donors (Lipinski definition) is 3. The van der Waals surface area contributed by atoms with Gasteiger partial charge in [-0.25, -0.2) is 0 Å². The molecule has 0 aromatic heterocycles. The molecule has 2 atom stereocenters. The average Bonchev–Trinajstić information content (AvgIpc) is 3.28. The molecule has 0 aliphatic carbocycles. The van der Waals surface area contributed by atoms with Gasteiger partial charge in [0.05, 0.1) is 25.4 Å². The highest BCUT2D eigenvalue weighted by Crippen LogP contribution is 2.17. The van der Waals surface area contributed by atoms with E-state index in [2.05, 4.69) is 31.3 Å². The van der Waals surface area contributed by atoms with Crippen LogP contribution in [0.3, 0.4) is 0 Å². The fraction of sp³-hybridized carbons (Fsp3) is 0.895. The van der Waals surface area contributed by atoms with Crippen molar-refractivity contribution in [2.45, 2.75) is 315 Å². The van der Waals surface area contributed by atoms with E-state index < -0.39 is 12.1 Å². The van der Waals surface area contributed by atoms with E-state index in [0.29, 0.717) is 19.4 Å². The molecule has 0 saturated heterocycles. The summed E-state index contributed by atoms with van der Waals surface area (Å²) in [7, 11) is 0. The number of aliphatic hydroxyl groups is 2. The van der Waals surface area contributed by atoms with Gasteiger partial charge in [0.1, 0.15) is 0 Å². The second-order valence-electron chi connectivity index (χ2n) is 19.3. The van der Waals surface area contributed by atoms with Gasteiger partial charge in [-0.05, 0) is 57.8 Å². The van der Waals surface area contributed by atoms with E-state index in [1.165, 1.54) is 193 Å². The third-order valence-electron chi connectivity index (χ3n) is 13.0. The number of nitrogens with one attached hydrogen (secondary N) is 1. The van der Waals surface area contributed by atoms with Gasteiger partial charge in [-0.1, -0.05) is 256 Å². The van der Waals surface area contributed by atoms with Crippen molar-refractivity contribution < 1.29 is 24.5 Å². The first-order valence-corrected chi connectivity index (χ1v) is 28.1. The molecule has 0 bridgehead atoms. The van der Waals surface area contributed by atoms with Crippen molar-refractivity contribution in [3.63, 3.8) is 0 Å². The lowest BCUT2D eigenvalue weighted by molar-refractivity contribution is -0.143. The molecule has 0 radical (unpaired) electrons. The Kier molecular flexibility index (Phi) is 51.6. The zero-order valence-electron chi connectivity index (χ0n) is 42.3. The molecule has 0 rings (SSSR count). The number of aliphatic hydroxyl groups excluding tert-OH is 2. The molecule has 0 saturated carbocycles. The van der Waals surface area contributed by atoms with E-state index in [-0.39, 0.29) is 18.5 Å². The van der Waals surface area contributed by atoms with Gasteiger partial charge in [0.2, 0.25) is 5.91 Å². The highest BCUT2D eigenvalue weighted by atomic mass is 16.5. The lowest BCUT2D eigenvalue weighted by atomic mass is 10.0. The summed E-state index contributed by atoms with van der Waals surface area (Å²) in [4.78, 5) is 24.5. The second-order valence-corrected chi connectivity index (χ2v) is 19.3. The topological polar surface area (TPSA) is 95.9 Å². The molecule has 3 N–H and O–H groups in total. The Hall–Kier alpha value is -1.66. The highest BCUT2D eigenvalue weighted by Gasteiger charge is 2.18. The molecule has 0 aromatic rings. The third-order valence-corrected chi connectivity index (χ3v) is 13.0. The summed E-state index contributed by atoms with van der Waals surface area (Å²) in [6, 6.07) is -0.648. The quantitative estimate of drug-likeness (QED) is 0.0321. The van der Waals surface area contributed by atoms with Gasteiger partial charge < -0.3 is 20.3 Å². The molecule has 0 aliphatic heterocycles. The first-order valence-electron chi connectivity index (χ1n) is 28.1.